The first-order valence-corrected chi connectivity index (χ1v) is 7.79. The molecule has 0 saturated heterocycles. The number of nitrogens with zero attached hydrogens (tertiary/aromatic N) is 1. The molecule has 0 aromatic carbocycles. The first-order chi connectivity index (χ1) is 9.26. The summed E-state index contributed by atoms with van der Waals surface area (Å²) < 4.78 is 5.85. The predicted octanol–water partition coefficient (Wildman–Crippen LogP) is 3.07. The van der Waals surface area contributed by atoms with Gasteiger partial charge in [-0.15, -0.1) is 0 Å². The van der Waals surface area contributed by atoms with Crippen LogP contribution in [-0.4, -0.2) is 24.0 Å². The van der Waals surface area contributed by atoms with Gasteiger partial charge in [-0.05, 0) is 51.1 Å². The molecular formula is C16H26N2O. The second-order valence-electron chi connectivity index (χ2n) is 6.18. The van der Waals surface area contributed by atoms with Crippen molar-refractivity contribution in [2.24, 2.45) is 5.92 Å². The molecule has 1 aromatic rings. The normalized spacial score (nSPS) is 19.3. The van der Waals surface area contributed by atoms with Crippen molar-refractivity contribution in [1.29, 1.82) is 0 Å². The largest absolute Gasteiger partial charge is 0.465 e. The highest BCUT2D eigenvalue weighted by Gasteiger charge is 2.33. The first kappa shape index (κ1) is 13.2. The third-order valence-corrected chi connectivity index (χ3v) is 4.25. The Morgan fingerprint density at radius 2 is 2.11 bits per heavy atom. The molecule has 0 unspecified atom stereocenters. The highest BCUT2D eigenvalue weighted by molar-refractivity contribution is 5.21. The molecule has 0 radical (unpaired) electrons. The predicted molar refractivity (Wildman–Crippen MR) is 77.0 cm³/mol. The minimum Gasteiger partial charge on any atom is -0.465 e. The van der Waals surface area contributed by atoms with Crippen molar-refractivity contribution >= 4 is 0 Å². The molecule has 106 valence electrons. The molecule has 0 amide bonds. The first-order valence-electron chi connectivity index (χ1n) is 7.79. The fourth-order valence-electron chi connectivity index (χ4n) is 2.71. The van der Waals surface area contributed by atoms with Gasteiger partial charge in [-0.1, -0.05) is 6.92 Å². The van der Waals surface area contributed by atoms with Gasteiger partial charge in [0, 0.05) is 24.7 Å². The van der Waals surface area contributed by atoms with E-state index in [-0.39, 0.29) is 0 Å². The molecule has 0 atom stereocenters. The van der Waals surface area contributed by atoms with Crippen LogP contribution >= 0.6 is 0 Å². The third kappa shape index (κ3) is 3.61. The van der Waals surface area contributed by atoms with E-state index in [1.54, 1.807) is 0 Å². The Hall–Kier alpha value is -0.800. The fraction of sp³-hybridized carbons (Fsp3) is 0.750. The zero-order valence-corrected chi connectivity index (χ0v) is 12.2. The van der Waals surface area contributed by atoms with Crippen molar-refractivity contribution in [3.63, 3.8) is 0 Å². The van der Waals surface area contributed by atoms with E-state index >= 15 is 0 Å². The van der Waals surface area contributed by atoms with Crippen LogP contribution in [0, 0.1) is 12.8 Å². The van der Waals surface area contributed by atoms with E-state index in [1.807, 2.05) is 0 Å². The Balaban J connectivity index is 1.61. The molecule has 3 rings (SSSR count). The average molecular weight is 262 g/mol. The van der Waals surface area contributed by atoms with Gasteiger partial charge in [-0.25, -0.2) is 0 Å². The maximum Gasteiger partial charge on any atom is 0.118 e. The van der Waals surface area contributed by atoms with Crippen LogP contribution in [-0.2, 0) is 13.1 Å². The van der Waals surface area contributed by atoms with E-state index in [4.69, 9.17) is 4.42 Å². The SMILES string of the molecule is CCNCc1cc(CN(CC2CC2)C2CC2)c(C)o1. The minimum absolute atomic E-state index is 0.851. The van der Waals surface area contributed by atoms with Crippen molar-refractivity contribution < 1.29 is 4.42 Å². The van der Waals surface area contributed by atoms with Gasteiger partial charge < -0.3 is 9.73 Å². The van der Waals surface area contributed by atoms with Crippen molar-refractivity contribution in [3.05, 3.63) is 23.2 Å². The number of hydrogen-bond donors (Lipinski definition) is 1. The van der Waals surface area contributed by atoms with Crippen molar-refractivity contribution in [3.8, 4) is 0 Å². The Labute approximate surface area is 116 Å². The zero-order valence-electron chi connectivity index (χ0n) is 12.2. The van der Waals surface area contributed by atoms with Crippen LogP contribution in [0.15, 0.2) is 10.5 Å². The molecule has 1 heterocycles. The van der Waals surface area contributed by atoms with Gasteiger partial charge in [0.2, 0.25) is 0 Å². The van der Waals surface area contributed by atoms with Gasteiger partial charge in [0.15, 0.2) is 0 Å². The van der Waals surface area contributed by atoms with Crippen LogP contribution in [0.3, 0.4) is 0 Å². The standard InChI is InChI=1S/C16H26N2O/c1-3-17-9-16-8-14(12(2)19-16)11-18(15-6-7-15)10-13-4-5-13/h8,13,15,17H,3-7,9-11H2,1-2H3. The lowest BCUT2D eigenvalue weighted by molar-refractivity contribution is 0.242. The van der Waals surface area contributed by atoms with Gasteiger partial charge in [0.05, 0.1) is 6.54 Å². The summed E-state index contributed by atoms with van der Waals surface area (Å²) in [5.41, 5.74) is 1.39. The monoisotopic (exact) mass is 262 g/mol. The Morgan fingerprint density at radius 1 is 1.32 bits per heavy atom. The molecule has 3 heteroatoms. The lowest BCUT2D eigenvalue weighted by atomic mass is 10.2. The van der Waals surface area contributed by atoms with Crippen LogP contribution in [0.5, 0.6) is 0 Å². The molecule has 0 aliphatic heterocycles. The summed E-state index contributed by atoms with van der Waals surface area (Å²) in [4.78, 5) is 2.69. The molecule has 19 heavy (non-hydrogen) atoms. The number of rotatable bonds is 8. The smallest absolute Gasteiger partial charge is 0.118 e. The fourth-order valence-corrected chi connectivity index (χ4v) is 2.71. The van der Waals surface area contributed by atoms with Gasteiger partial charge in [-0.3, -0.25) is 4.90 Å². The lowest BCUT2D eigenvalue weighted by Crippen LogP contribution is -2.27. The maximum absolute atomic E-state index is 5.85. The summed E-state index contributed by atoms with van der Waals surface area (Å²) in [6, 6.07) is 3.10. The number of hydrogen-bond acceptors (Lipinski definition) is 3. The topological polar surface area (TPSA) is 28.4 Å². The molecule has 2 aliphatic carbocycles. The van der Waals surface area contributed by atoms with Gasteiger partial charge in [0.25, 0.3) is 0 Å². The van der Waals surface area contributed by atoms with E-state index in [2.05, 4.69) is 30.1 Å². The van der Waals surface area contributed by atoms with Gasteiger partial charge >= 0.3 is 0 Å². The molecule has 2 aliphatic rings. The zero-order chi connectivity index (χ0) is 13.2. The molecule has 2 saturated carbocycles. The molecular weight excluding hydrogens is 236 g/mol. The number of furan rings is 1. The second kappa shape index (κ2) is 5.68. The number of aryl methyl sites for hydroxylation is 1. The van der Waals surface area contributed by atoms with Crippen molar-refractivity contribution in [2.75, 3.05) is 13.1 Å². The van der Waals surface area contributed by atoms with E-state index < -0.39 is 0 Å². The summed E-state index contributed by atoms with van der Waals surface area (Å²) in [7, 11) is 0. The summed E-state index contributed by atoms with van der Waals surface area (Å²) in [6.07, 6.45) is 5.68. The summed E-state index contributed by atoms with van der Waals surface area (Å²) in [5, 5.41) is 3.33. The molecule has 3 nitrogen and oxygen atoms in total. The molecule has 1 aromatic heterocycles. The molecule has 0 spiro atoms. The molecule has 0 bridgehead atoms. The van der Waals surface area contributed by atoms with Crippen LogP contribution in [0.25, 0.3) is 0 Å². The van der Waals surface area contributed by atoms with Crippen molar-refractivity contribution in [2.45, 2.75) is 58.7 Å². The Kier molecular flexibility index (Phi) is 3.94. The lowest BCUT2D eigenvalue weighted by Gasteiger charge is -2.21. The van der Waals surface area contributed by atoms with Crippen molar-refractivity contribution in [1.82, 2.24) is 10.2 Å². The summed E-state index contributed by atoms with van der Waals surface area (Å²) in [6.45, 7) is 8.46. The van der Waals surface area contributed by atoms with E-state index in [0.29, 0.717) is 0 Å². The Morgan fingerprint density at radius 3 is 2.74 bits per heavy atom. The highest BCUT2D eigenvalue weighted by atomic mass is 16.3. The minimum atomic E-state index is 0.851. The highest BCUT2D eigenvalue weighted by Crippen LogP contribution is 2.36. The van der Waals surface area contributed by atoms with Crippen LogP contribution in [0.4, 0.5) is 0 Å². The van der Waals surface area contributed by atoms with Gasteiger partial charge in [-0.2, -0.15) is 0 Å². The Bertz CT molecular complexity index is 418. The number of nitrogens with one attached hydrogen (secondary N) is 1. The molecule has 2 fully saturated rings. The summed E-state index contributed by atoms with van der Waals surface area (Å²) >= 11 is 0. The average Bonchev–Trinajstić information content (AvgIpc) is 3.26. The van der Waals surface area contributed by atoms with Crippen LogP contribution < -0.4 is 5.32 Å². The maximum atomic E-state index is 5.85. The van der Waals surface area contributed by atoms with E-state index in [9.17, 15) is 0 Å². The third-order valence-electron chi connectivity index (χ3n) is 4.25. The van der Waals surface area contributed by atoms with Crippen LogP contribution in [0.1, 0.15) is 49.7 Å². The second-order valence-corrected chi connectivity index (χ2v) is 6.18. The van der Waals surface area contributed by atoms with E-state index in [1.165, 1.54) is 37.8 Å². The van der Waals surface area contributed by atoms with Gasteiger partial charge in [0.1, 0.15) is 11.5 Å². The van der Waals surface area contributed by atoms with E-state index in [0.717, 1.165) is 43.1 Å². The quantitative estimate of drug-likeness (QED) is 0.780. The molecule has 1 N–H and O–H groups in total. The van der Waals surface area contributed by atoms with Crippen LogP contribution in [0.2, 0.25) is 0 Å². The summed E-state index contributed by atoms with van der Waals surface area (Å²) in [5.74, 6) is 3.17.